The molecule has 0 aliphatic heterocycles. The topological polar surface area (TPSA) is 123 Å². The van der Waals surface area contributed by atoms with E-state index in [4.69, 9.17) is 10.5 Å². The lowest BCUT2D eigenvalue weighted by Crippen LogP contribution is -2.13. The predicted molar refractivity (Wildman–Crippen MR) is 72.8 cm³/mol. The molecule has 0 spiro atoms. The molecule has 4 N–H and O–H groups in total. The first-order chi connectivity index (χ1) is 9.51. The van der Waals surface area contributed by atoms with Crippen molar-refractivity contribution in [3.8, 4) is 5.75 Å². The van der Waals surface area contributed by atoms with Gasteiger partial charge in [-0.3, -0.25) is 4.79 Å². The number of H-pyrrole nitrogens is 1. The van der Waals surface area contributed by atoms with E-state index in [1.54, 1.807) is 18.2 Å². The van der Waals surface area contributed by atoms with E-state index in [-0.39, 0.29) is 11.5 Å². The number of nitrogens with two attached hydrogens (primary N) is 1. The molecule has 0 saturated carbocycles. The normalized spacial score (nSPS) is 10.1. The van der Waals surface area contributed by atoms with Gasteiger partial charge in [0.2, 0.25) is 0 Å². The summed E-state index contributed by atoms with van der Waals surface area (Å²) in [6.07, 6.45) is 0. The van der Waals surface area contributed by atoms with Crippen LogP contribution in [0.1, 0.15) is 10.5 Å². The van der Waals surface area contributed by atoms with Gasteiger partial charge < -0.3 is 25.9 Å². The van der Waals surface area contributed by atoms with E-state index in [0.717, 1.165) is 0 Å². The van der Waals surface area contributed by atoms with Crippen LogP contribution in [0, 0.1) is 10.1 Å². The van der Waals surface area contributed by atoms with Crippen LogP contribution in [0.15, 0.2) is 30.3 Å². The number of nitro groups is 1. The molecule has 0 fully saturated rings. The molecule has 0 saturated heterocycles. The van der Waals surface area contributed by atoms with Crippen LogP contribution >= 0.6 is 0 Å². The van der Waals surface area contributed by atoms with Gasteiger partial charge in [-0.15, -0.1) is 0 Å². The molecule has 0 atom stereocenters. The zero-order chi connectivity index (χ0) is 14.7. The van der Waals surface area contributed by atoms with Crippen molar-refractivity contribution < 1.29 is 14.5 Å². The van der Waals surface area contributed by atoms with Crippen LogP contribution in [-0.4, -0.2) is 22.9 Å². The van der Waals surface area contributed by atoms with Crippen LogP contribution in [-0.2, 0) is 0 Å². The number of rotatable bonds is 4. The summed E-state index contributed by atoms with van der Waals surface area (Å²) in [6, 6.07) is 7.34. The van der Waals surface area contributed by atoms with Crippen molar-refractivity contribution >= 4 is 23.1 Å². The molecule has 0 radical (unpaired) electrons. The highest BCUT2D eigenvalue weighted by Gasteiger charge is 2.16. The van der Waals surface area contributed by atoms with Crippen molar-refractivity contribution in [1.29, 1.82) is 0 Å². The second-order valence-corrected chi connectivity index (χ2v) is 3.92. The van der Waals surface area contributed by atoms with Crippen LogP contribution < -0.4 is 15.8 Å². The van der Waals surface area contributed by atoms with Gasteiger partial charge in [0.05, 0.1) is 18.5 Å². The second-order valence-electron chi connectivity index (χ2n) is 3.92. The average Bonchev–Trinajstić information content (AvgIpc) is 2.91. The van der Waals surface area contributed by atoms with Crippen LogP contribution in [0.25, 0.3) is 0 Å². The number of methoxy groups -OCH3 is 1. The average molecular weight is 276 g/mol. The summed E-state index contributed by atoms with van der Waals surface area (Å²) in [4.78, 5) is 24.3. The largest absolute Gasteiger partial charge is 0.497 e. The Balaban J connectivity index is 2.20. The Bertz CT molecular complexity index is 665. The minimum atomic E-state index is -0.614. The van der Waals surface area contributed by atoms with E-state index in [2.05, 4.69) is 10.3 Å². The third-order valence-electron chi connectivity index (χ3n) is 2.62. The molecule has 104 valence electrons. The third kappa shape index (κ3) is 2.69. The summed E-state index contributed by atoms with van der Waals surface area (Å²) in [7, 11) is 1.49. The second kappa shape index (κ2) is 5.31. The molecule has 2 aromatic rings. The number of hydrogen-bond donors (Lipinski definition) is 3. The van der Waals surface area contributed by atoms with Crippen LogP contribution in [0.5, 0.6) is 5.75 Å². The maximum Gasteiger partial charge on any atom is 0.321 e. The Morgan fingerprint density at radius 1 is 1.40 bits per heavy atom. The van der Waals surface area contributed by atoms with Crippen molar-refractivity contribution in [3.05, 3.63) is 46.1 Å². The number of carbonyl (C=O) groups excluding carboxylic acids is 1. The van der Waals surface area contributed by atoms with Crippen molar-refractivity contribution in [2.45, 2.75) is 0 Å². The summed E-state index contributed by atoms with van der Waals surface area (Å²) in [5, 5.41) is 13.1. The maximum absolute atomic E-state index is 11.9. The third-order valence-corrected chi connectivity index (χ3v) is 2.62. The fourth-order valence-electron chi connectivity index (χ4n) is 1.58. The number of hydrogen-bond acceptors (Lipinski definition) is 5. The Morgan fingerprint density at radius 2 is 2.15 bits per heavy atom. The summed E-state index contributed by atoms with van der Waals surface area (Å²) >= 11 is 0. The van der Waals surface area contributed by atoms with Crippen LogP contribution in [0.4, 0.5) is 17.2 Å². The summed E-state index contributed by atoms with van der Waals surface area (Å²) in [5.41, 5.74) is 6.53. The molecule has 8 heteroatoms. The molecule has 1 amide bonds. The van der Waals surface area contributed by atoms with Crippen molar-refractivity contribution in [2.75, 3.05) is 18.2 Å². The maximum atomic E-state index is 11.9. The smallest absolute Gasteiger partial charge is 0.321 e. The van der Waals surface area contributed by atoms with E-state index in [0.29, 0.717) is 17.1 Å². The molecule has 1 aromatic carbocycles. The van der Waals surface area contributed by atoms with Gasteiger partial charge in [0.1, 0.15) is 5.75 Å². The van der Waals surface area contributed by atoms with Gasteiger partial charge in [0, 0.05) is 12.1 Å². The number of benzene rings is 1. The van der Waals surface area contributed by atoms with Gasteiger partial charge in [0.15, 0.2) is 5.69 Å². The van der Waals surface area contributed by atoms with Crippen molar-refractivity contribution in [2.24, 2.45) is 0 Å². The Labute approximate surface area is 113 Å². The quantitative estimate of drug-likeness (QED) is 0.446. The van der Waals surface area contributed by atoms with Crippen LogP contribution in [0.2, 0.25) is 0 Å². The Hall–Kier alpha value is -3.03. The Kier molecular flexibility index (Phi) is 3.56. The van der Waals surface area contributed by atoms with Crippen molar-refractivity contribution in [3.63, 3.8) is 0 Å². The lowest BCUT2D eigenvalue weighted by Gasteiger charge is -2.08. The number of nitrogens with one attached hydrogen (secondary N) is 2. The first-order valence-corrected chi connectivity index (χ1v) is 5.59. The van der Waals surface area contributed by atoms with Crippen molar-refractivity contribution in [1.82, 2.24) is 4.98 Å². The van der Waals surface area contributed by atoms with E-state index < -0.39 is 10.8 Å². The molecule has 2 rings (SSSR count). The lowest BCUT2D eigenvalue weighted by molar-refractivity contribution is -0.389. The van der Waals surface area contributed by atoms with Gasteiger partial charge >= 0.3 is 5.82 Å². The Morgan fingerprint density at radius 3 is 2.75 bits per heavy atom. The molecule has 0 aliphatic rings. The van der Waals surface area contributed by atoms with Gasteiger partial charge in [-0.1, -0.05) is 0 Å². The number of carbonyl (C=O) groups is 1. The summed E-state index contributed by atoms with van der Waals surface area (Å²) in [5.74, 6) is -0.251. The van der Waals surface area contributed by atoms with Gasteiger partial charge in [-0.25, -0.2) is 4.98 Å². The number of aromatic amines is 1. The molecule has 20 heavy (non-hydrogen) atoms. The summed E-state index contributed by atoms with van der Waals surface area (Å²) < 4.78 is 5.03. The van der Waals surface area contributed by atoms with E-state index in [1.165, 1.54) is 19.2 Å². The molecule has 0 aliphatic carbocycles. The number of nitrogen functional groups attached to an aromatic ring is 1. The fraction of sp³-hybridized carbons (Fsp3) is 0.0833. The highest BCUT2D eigenvalue weighted by molar-refractivity contribution is 6.04. The van der Waals surface area contributed by atoms with Crippen LogP contribution in [0.3, 0.4) is 0 Å². The molecule has 1 aromatic heterocycles. The SMILES string of the molecule is COc1ccc(N)c(NC(=O)c2ccc([N+](=O)[O-])[nH]2)c1. The molecule has 1 heterocycles. The molecule has 0 unspecified atom stereocenters. The zero-order valence-electron chi connectivity index (χ0n) is 10.5. The van der Waals surface area contributed by atoms with E-state index >= 15 is 0 Å². The minimum absolute atomic E-state index is 0.0684. The number of amides is 1. The van der Waals surface area contributed by atoms with E-state index in [9.17, 15) is 14.9 Å². The fourth-order valence-corrected chi connectivity index (χ4v) is 1.58. The lowest BCUT2D eigenvalue weighted by atomic mass is 10.2. The monoisotopic (exact) mass is 276 g/mol. The first-order valence-electron chi connectivity index (χ1n) is 5.59. The van der Waals surface area contributed by atoms with Gasteiger partial charge in [0.25, 0.3) is 5.91 Å². The number of anilines is 2. The predicted octanol–water partition coefficient (Wildman–Crippen LogP) is 1.77. The van der Waals surface area contributed by atoms with E-state index in [1.807, 2.05) is 0 Å². The van der Waals surface area contributed by atoms with Gasteiger partial charge in [-0.05, 0) is 23.1 Å². The zero-order valence-corrected chi connectivity index (χ0v) is 10.5. The number of aromatic nitrogens is 1. The molecular formula is C12H12N4O4. The molecule has 8 nitrogen and oxygen atoms in total. The number of ether oxygens (including phenoxy) is 1. The highest BCUT2D eigenvalue weighted by atomic mass is 16.6. The van der Waals surface area contributed by atoms with Gasteiger partial charge in [-0.2, -0.15) is 0 Å². The first kappa shape index (κ1) is 13.4. The standard InChI is InChI=1S/C12H12N4O4/c1-20-7-2-3-8(13)10(6-7)15-12(17)9-4-5-11(14-9)16(18)19/h2-6,14H,13H2,1H3,(H,15,17). The minimum Gasteiger partial charge on any atom is -0.497 e. The molecule has 0 bridgehead atoms. The highest BCUT2D eigenvalue weighted by Crippen LogP contribution is 2.25. The summed E-state index contributed by atoms with van der Waals surface area (Å²) in [6.45, 7) is 0. The number of nitrogens with zero attached hydrogens (tertiary/aromatic N) is 1. The molecular weight excluding hydrogens is 264 g/mol.